The fourth-order valence-electron chi connectivity index (χ4n) is 12.0. The molecule has 0 bridgehead atoms. The van der Waals surface area contributed by atoms with Crippen LogP contribution in [0.5, 0.6) is 0 Å². The maximum atomic E-state index is 5.05. The van der Waals surface area contributed by atoms with Gasteiger partial charge in [-0.3, -0.25) is 0 Å². The fourth-order valence-corrected chi connectivity index (χ4v) is 13.2. The molecule has 0 radical (unpaired) electrons. The molecule has 4 aromatic heterocycles. The second kappa shape index (κ2) is 16.4. The number of hydrogen-bond acceptors (Lipinski definition) is 4. The molecule has 0 unspecified atom stereocenters. The fraction of sp³-hybridized carbons (Fsp3) is 0.0441. The SMILES string of the molecule is CC1(C)c2ccccc2-c2c1c1ccc3c(c4cc(-c5cccc6c5sc5ccccc56)ccc4n3-c3ccc(-c4cccc(-c5nc(-c6ccccc6)nc(-c6ccccc6)n5)c4)cc3)c1n2-c1ccccc1. The summed E-state index contributed by atoms with van der Waals surface area (Å²) in [6.45, 7) is 4.80. The van der Waals surface area contributed by atoms with E-state index in [1.807, 2.05) is 72.0 Å². The maximum absolute atomic E-state index is 5.05. The minimum Gasteiger partial charge on any atom is -0.309 e. The molecule has 1 aliphatic rings. The van der Waals surface area contributed by atoms with Gasteiger partial charge in [-0.1, -0.05) is 196 Å². The van der Waals surface area contributed by atoms with Crippen LogP contribution in [0.2, 0.25) is 0 Å². The molecule has 0 saturated carbocycles. The molecule has 0 amide bonds. The molecular weight excluding hydrogens is 919 g/mol. The van der Waals surface area contributed by atoms with Crippen molar-refractivity contribution in [3.63, 3.8) is 0 Å². The van der Waals surface area contributed by atoms with Gasteiger partial charge in [0.2, 0.25) is 0 Å². The summed E-state index contributed by atoms with van der Waals surface area (Å²) >= 11 is 1.88. The lowest BCUT2D eigenvalue weighted by atomic mass is 9.81. The summed E-state index contributed by atoms with van der Waals surface area (Å²) < 4.78 is 7.66. The Bertz CT molecular complexity index is 4490. The van der Waals surface area contributed by atoms with E-state index in [1.54, 1.807) is 0 Å². The van der Waals surface area contributed by atoms with Crippen molar-refractivity contribution in [3.05, 3.63) is 248 Å². The number of para-hydroxylation sites is 1. The summed E-state index contributed by atoms with van der Waals surface area (Å²) in [5, 5.41) is 6.36. The van der Waals surface area contributed by atoms with E-state index in [1.165, 1.54) is 75.4 Å². The van der Waals surface area contributed by atoms with E-state index < -0.39 is 0 Å². The largest absolute Gasteiger partial charge is 0.309 e. The zero-order valence-corrected chi connectivity index (χ0v) is 41.5. The van der Waals surface area contributed by atoms with Crippen molar-refractivity contribution < 1.29 is 0 Å². The first-order valence-corrected chi connectivity index (χ1v) is 26.1. The van der Waals surface area contributed by atoms with Gasteiger partial charge >= 0.3 is 0 Å². The normalized spacial score (nSPS) is 12.8. The highest BCUT2D eigenvalue weighted by molar-refractivity contribution is 7.26. The van der Waals surface area contributed by atoms with Gasteiger partial charge in [0, 0.05) is 75.4 Å². The molecule has 6 heteroatoms. The van der Waals surface area contributed by atoms with Crippen molar-refractivity contribution in [1.29, 1.82) is 0 Å². The first kappa shape index (κ1) is 42.5. The average Bonchev–Trinajstić information content (AvgIpc) is 4.19. The first-order valence-electron chi connectivity index (χ1n) is 25.3. The standard InChI is InChI=1S/C68H45N5S/c1-68(2)56-30-14-12-27-53(56)63-61(68)54-37-39-58-60(62(54)73(63)48-24-10-5-11-25-48)55-41-46(50-28-17-29-52-51-26-13-15-31-59(51)74-64(50)52)34-38-57(55)72(58)49-35-32-42(33-36-49)45-22-16-23-47(40-45)67-70-65(43-18-6-3-7-19-43)69-66(71-67)44-20-8-4-9-21-44/h3-41H,1-2H3. The zero-order chi connectivity index (χ0) is 49.1. The van der Waals surface area contributed by atoms with E-state index in [2.05, 4.69) is 199 Å². The molecule has 5 nitrogen and oxygen atoms in total. The van der Waals surface area contributed by atoms with Gasteiger partial charge in [-0.15, -0.1) is 11.3 Å². The third-order valence-electron chi connectivity index (χ3n) is 15.3. The number of nitrogens with zero attached hydrogens (tertiary/aromatic N) is 5. The van der Waals surface area contributed by atoms with Crippen molar-refractivity contribution in [2.75, 3.05) is 0 Å². The Hall–Kier alpha value is -9.23. The highest BCUT2D eigenvalue weighted by Crippen LogP contribution is 2.55. The highest BCUT2D eigenvalue weighted by Gasteiger charge is 2.41. The third-order valence-corrected chi connectivity index (χ3v) is 16.6. The van der Waals surface area contributed by atoms with Crippen LogP contribution < -0.4 is 0 Å². The topological polar surface area (TPSA) is 48.5 Å². The quantitative estimate of drug-likeness (QED) is 0.160. The van der Waals surface area contributed by atoms with Gasteiger partial charge in [-0.05, 0) is 88.0 Å². The average molecular weight is 964 g/mol. The van der Waals surface area contributed by atoms with Gasteiger partial charge < -0.3 is 9.13 Å². The smallest absolute Gasteiger partial charge is 0.164 e. The summed E-state index contributed by atoms with van der Waals surface area (Å²) in [5.41, 5.74) is 18.4. The summed E-state index contributed by atoms with van der Waals surface area (Å²) in [5.74, 6) is 1.92. The molecule has 0 spiro atoms. The lowest BCUT2D eigenvalue weighted by Gasteiger charge is -2.21. The van der Waals surface area contributed by atoms with Crippen LogP contribution in [0.4, 0.5) is 0 Å². The van der Waals surface area contributed by atoms with Crippen LogP contribution in [-0.2, 0) is 5.41 Å². The van der Waals surface area contributed by atoms with Gasteiger partial charge in [0.05, 0.1) is 22.2 Å². The Morgan fingerprint density at radius 1 is 0.378 bits per heavy atom. The van der Waals surface area contributed by atoms with Crippen LogP contribution in [0, 0.1) is 0 Å². The highest BCUT2D eigenvalue weighted by atomic mass is 32.1. The first-order chi connectivity index (χ1) is 36.5. The van der Waals surface area contributed by atoms with Crippen molar-refractivity contribution in [3.8, 4) is 79.0 Å². The summed E-state index contributed by atoms with van der Waals surface area (Å²) in [6.07, 6.45) is 0. The summed E-state index contributed by atoms with van der Waals surface area (Å²) in [6, 6.07) is 85.4. The molecule has 0 fully saturated rings. The van der Waals surface area contributed by atoms with Crippen LogP contribution >= 0.6 is 11.3 Å². The van der Waals surface area contributed by atoms with Crippen LogP contribution in [0.3, 0.4) is 0 Å². The Morgan fingerprint density at radius 3 is 1.70 bits per heavy atom. The van der Waals surface area contributed by atoms with Gasteiger partial charge in [0.1, 0.15) is 0 Å². The van der Waals surface area contributed by atoms with Gasteiger partial charge in [0.25, 0.3) is 0 Å². The molecule has 74 heavy (non-hydrogen) atoms. The molecule has 0 saturated heterocycles. The minimum atomic E-state index is -0.205. The number of benzene rings is 10. The van der Waals surface area contributed by atoms with E-state index in [4.69, 9.17) is 15.0 Å². The van der Waals surface area contributed by atoms with E-state index in [0.29, 0.717) is 17.5 Å². The van der Waals surface area contributed by atoms with Crippen LogP contribution in [-0.4, -0.2) is 24.1 Å². The second-order valence-corrected chi connectivity index (χ2v) is 21.0. The number of rotatable bonds is 7. The molecule has 15 rings (SSSR count). The number of hydrogen-bond donors (Lipinski definition) is 0. The predicted molar refractivity (Wildman–Crippen MR) is 309 cm³/mol. The molecule has 10 aromatic carbocycles. The molecular formula is C68H45N5S. The van der Waals surface area contributed by atoms with E-state index >= 15 is 0 Å². The Balaban J connectivity index is 0.931. The molecule has 348 valence electrons. The number of fused-ring (bicyclic) bond motifs is 12. The monoisotopic (exact) mass is 963 g/mol. The zero-order valence-electron chi connectivity index (χ0n) is 40.7. The number of thiophene rings is 1. The van der Waals surface area contributed by atoms with Gasteiger partial charge in [-0.2, -0.15) is 0 Å². The molecule has 0 aliphatic heterocycles. The Labute approximate surface area is 432 Å². The predicted octanol–water partition coefficient (Wildman–Crippen LogP) is 17.9. The molecule has 1 aliphatic carbocycles. The van der Waals surface area contributed by atoms with Crippen molar-refractivity contribution in [1.82, 2.24) is 24.1 Å². The third kappa shape index (κ3) is 6.45. The van der Waals surface area contributed by atoms with Gasteiger partial charge in [-0.25, -0.2) is 15.0 Å². The van der Waals surface area contributed by atoms with Crippen LogP contribution in [0.25, 0.3) is 132 Å². The molecule has 0 N–H and O–H groups in total. The molecule has 0 atom stereocenters. The second-order valence-electron chi connectivity index (χ2n) is 19.9. The van der Waals surface area contributed by atoms with E-state index in [0.717, 1.165) is 50.2 Å². The van der Waals surface area contributed by atoms with Crippen molar-refractivity contribution in [2.24, 2.45) is 0 Å². The Kier molecular flexibility index (Phi) is 9.41. The molecule has 4 heterocycles. The van der Waals surface area contributed by atoms with Crippen LogP contribution in [0.15, 0.2) is 237 Å². The molecule has 14 aromatic rings. The lowest BCUT2D eigenvalue weighted by molar-refractivity contribution is 0.666. The minimum absolute atomic E-state index is 0.205. The van der Waals surface area contributed by atoms with Gasteiger partial charge in [0.15, 0.2) is 17.5 Å². The van der Waals surface area contributed by atoms with Crippen molar-refractivity contribution in [2.45, 2.75) is 19.3 Å². The lowest BCUT2D eigenvalue weighted by Crippen LogP contribution is -2.14. The summed E-state index contributed by atoms with van der Waals surface area (Å²) in [4.78, 5) is 15.0. The maximum Gasteiger partial charge on any atom is 0.164 e. The van der Waals surface area contributed by atoms with E-state index in [9.17, 15) is 0 Å². The van der Waals surface area contributed by atoms with E-state index in [-0.39, 0.29) is 5.41 Å². The van der Waals surface area contributed by atoms with Crippen molar-refractivity contribution >= 4 is 64.2 Å². The number of aromatic nitrogens is 5. The summed E-state index contributed by atoms with van der Waals surface area (Å²) in [7, 11) is 0. The van der Waals surface area contributed by atoms with Crippen LogP contribution in [0.1, 0.15) is 25.0 Å². The Morgan fingerprint density at radius 2 is 0.946 bits per heavy atom.